The summed E-state index contributed by atoms with van der Waals surface area (Å²) in [6.45, 7) is 3.57. The van der Waals surface area contributed by atoms with Crippen molar-refractivity contribution in [1.29, 1.82) is 0 Å². The number of rotatable bonds is 6. The number of halogens is 1. The fourth-order valence-electron chi connectivity index (χ4n) is 3.40. The second-order valence-corrected chi connectivity index (χ2v) is 9.76. The summed E-state index contributed by atoms with van der Waals surface area (Å²) in [5.74, 6) is 0.814. The number of carbonyl (C=O) groups is 2. The summed E-state index contributed by atoms with van der Waals surface area (Å²) in [6.07, 6.45) is 3.18. The molecule has 3 aromatic heterocycles. The summed E-state index contributed by atoms with van der Waals surface area (Å²) in [5, 5.41) is 8.94. The van der Waals surface area contributed by atoms with Gasteiger partial charge >= 0.3 is 0 Å². The lowest BCUT2D eigenvalue weighted by atomic mass is 9.96. The van der Waals surface area contributed by atoms with Gasteiger partial charge in [-0.05, 0) is 37.1 Å². The van der Waals surface area contributed by atoms with Crippen molar-refractivity contribution in [1.82, 2.24) is 15.3 Å². The molecule has 0 radical (unpaired) electrons. The first kappa shape index (κ1) is 21.7. The number of hydrogen-bond acceptors (Lipinski definition) is 7. The molecule has 1 fully saturated rings. The van der Waals surface area contributed by atoms with Gasteiger partial charge in [-0.1, -0.05) is 11.6 Å². The summed E-state index contributed by atoms with van der Waals surface area (Å²) in [4.78, 5) is 37.0. The molecule has 1 aliphatic heterocycles. The molecule has 31 heavy (non-hydrogen) atoms. The van der Waals surface area contributed by atoms with Gasteiger partial charge in [0.2, 0.25) is 11.8 Å². The van der Waals surface area contributed by atoms with Crippen LogP contribution in [0, 0.1) is 5.92 Å². The maximum Gasteiger partial charge on any atom is 0.229 e. The van der Waals surface area contributed by atoms with Gasteiger partial charge < -0.3 is 15.5 Å². The first-order chi connectivity index (χ1) is 15.0. The van der Waals surface area contributed by atoms with Gasteiger partial charge in [-0.25, -0.2) is 9.97 Å². The predicted molar refractivity (Wildman–Crippen MR) is 126 cm³/mol. The van der Waals surface area contributed by atoms with E-state index in [1.165, 1.54) is 18.3 Å². The highest BCUT2D eigenvalue weighted by Gasteiger charge is 2.26. The number of anilines is 2. The third-order valence-electron chi connectivity index (χ3n) is 5.06. The summed E-state index contributed by atoms with van der Waals surface area (Å²) in [6, 6.07) is 7.71. The quantitative estimate of drug-likeness (QED) is 0.551. The third-order valence-corrected chi connectivity index (χ3v) is 7.15. The highest BCUT2D eigenvalue weighted by molar-refractivity contribution is 7.17. The Labute approximate surface area is 193 Å². The summed E-state index contributed by atoms with van der Waals surface area (Å²) < 4.78 is 0. The average Bonchev–Trinajstić information content (AvgIpc) is 3.42. The minimum atomic E-state index is -0.0520. The molecule has 0 spiro atoms. The maximum absolute atomic E-state index is 12.7. The molecule has 3 aromatic rings. The lowest BCUT2D eigenvalue weighted by Crippen LogP contribution is -2.38. The number of hydrogen-bond donors (Lipinski definition) is 2. The number of piperidine rings is 1. The van der Waals surface area contributed by atoms with Crippen LogP contribution in [-0.2, 0) is 16.1 Å². The lowest BCUT2D eigenvalue weighted by molar-refractivity contribution is -0.120. The van der Waals surface area contributed by atoms with E-state index in [2.05, 4.69) is 25.5 Å². The van der Waals surface area contributed by atoms with Crippen molar-refractivity contribution in [3.63, 3.8) is 0 Å². The number of amides is 2. The monoisotopic (exact) mass is 475 g/mol. The number of carbonyl (C=O) groups excluding carboxylic acids is 2. The van der Waals surface area contributed by atoms with Crippen molar-refractivity contribution in [2.45, 2.75) is 26.3 Å². The van der Waals surface area contributed by atoms with Crippen LogP contribution in [0.4, 0.5) is 10.9 Å². The SMILES string of the molecule is CC(=O)NCc1ccc(-c2csc(NC(=O)C3CCN(c4ccc(Cl)cn4)CC3)n2)s1. The van der Waals surface area contributed by atoms with Gasteiger partial charge in [0.25, 0.3) is 0 Å². The highest BCUT2D eigenvalue weighted by atomic mass is 35.5. The van der Waals surface area contributed by atoms with E-state index in [0.717, 1.165) is 47.2 Å². The van der Waals surface area contributed by atoms with Gasteiger partial charge in [-0.2, -0.15) is 0 Å². The van der Waals surface area contributed by atoms with E-state index >= 15 is 0 Å². The van der Waals surface area contributed by atoms with E-state index in [4.69, 9.17) is 11.6 Å². The first-order valence-corrected chi connectivity index (χ1v) is 12.0. The van der Waals surface area contributed by atoms with Crippen LogP contribution in [0.25, 0.3) is 10.6 Å². The van der Waals surface area contributed by atoms with E-state index in [1.807, 2.05) is 29.6 Å². The molecule has 2 amide bonds. The molecular weight excluding hydrogens is 454 g/mol. The number of thiophene rings is 1. The van der Waals surface area contributed by atoms with Crippen molar-refractivity contribution >= 4 is 57.0 Å². The molecule has 1 saturated heterocycles. The van der Waals surface area contributed by atoms with E-state index < -0.39 is 0 Å². The normalized spacial score (nSPS) is 14.5. The van der Waals surface area contributed by atoms with Crippen molar-refractivity contribution in [3.05, 3.63) is 45.7 Å². The van der Waals surface area contributed by atoms with Crippen LogP contribution < -0.4 is 15.5 Å². The molecule has 0 aliphatic carbocycles. The largest absolute Gasteiger partial charge is 0.357 e. The van der Waals surface area contributed by atoms with E-state index in [0.29, 0.717) is 16.7 Å². The van der Waals surface area contributed by atoms with Gasteiger partial charge in [0, 0.05) is 42.4 Å². The second-order valence-electron chi connectivity index (χ2n) is 7.30. The molecule has 4 rings (SSSR count). The molecule has 10 heteroatoms. The van der Waals surface area contributed by atoms with Gasteiger partial charge in [-0.15, -0.1) is 22.7 Å². The Morgan fingerprint density at radius 2 is 2.03 bits per heavy atom. The topological polar surface area (TPSA) is 87.2 Å². The molecule has 0 saturated carbocycles. The van der Waals surface area contributed by atoms with Crippen molar-refractivity contribution in [2.75, 3.05) is 23.3 Å². The zero-order valence-electron chi connectivity index (χ0n) is 16.9. The fraction of sp³-hybridized carbons (Fsp3) is 0.333. The number of pyridine rings is 1. The van der Waals surface area contributed by atoms with Crippen LogP contribution in [-0.4, -0.2) is 34.9 Å². The standard InChI is InChI=1S/C21H22ClN5O2S2/c1-13(28)23-11-16-3-4-18(31-16)17-12-30-21(25-17)26-20(29)14-6-8-27(9-7-14)19-5-2-15(22)10-24-19/h2-5,10,12,14H,6-9,11H2,1H3,(H,23,28)(H,25,26,29). The van der Waals surface area contributed by atoms with Gasteiger partial charge in [0.15, 0.2) is 5.13 Å². The van der Waals surface area contributed by atoms with Crippen molar-refractivity contribution in [2.24, 2.45) is 5.92 Å². The third kappa shape index (κ3) is 5.61. The lowest BCUT2D eigenvalue weighted by Gasteiger charge is -2.31. The number of nitrogens with one attached hydrogen (secondary N) is 2. The average molecular weight is 476 g/mol. The fourth-order valence-corrected chi connectivity index (χ4v) is 5.21. The molecule has 7 nitrogen and oxygen atoms in total. The van der Waals surface area contributed by atoms with Crippen LogP contribution in [0.1, 0.15) is 24.6 Å². The second kappa shape index (κ2) is 9.76. The van der Waals surface area contributed by atoms with E-state index in [9.17, 15) is 9.59 Å². The van der Waals surface area contributed by atoms with Crippen LogP contribution in [0.15, 0.2) is 35.8 Å². The van der Waals surface area contributed by atoms with E-state index in [-0.39, 0.29) is 17.7 Å². The Kier molecular flexibility index (Phi) is 6.84. The Morgan fingerprint density at radius 3 is 2.74 bits per heavy atom. The van der Waals surface area contributed by atoms with Gasteiger partial charge in [0.1, 0.15) is 5.82 Å². The smallest absolute Gasteiger partial charge is 0.229 e. The summed E-state index contributed by atoms with van der Waals surface area (Å²) >= 11 is 8.91. The number of aromatic nitrogens is 2. The van der Waals surface area contributed by atoms with E-state index in [1.54, 1.807) is 17.5 Å². The minimum Gasteiger partial charge on any atom is -0.357 e. The Balaban J connectivity index is 1.30. The van der Waals surface area contributed by atoms with Crippen LogP contribution in [0.5, 0.6) is 0 Å². The maximum atomic E-state index is 12.7. The molecule has 0 atom stereocenters. The Hall–Kier alpha value is -2.49. The Morgan fingerprint density at radius 1 is 1.23 bits per heavy atom. The molecule has 0 bridgehead atoms. The minimum absolute atomic E-state index is 0.0159. The van der Waals surface area contributed by atoms with Crippen LogP contribution in [0.3, 0.4) is 0 Å². The summed E-state index contributed by atoms with van der Waals surface area (Å²) in [7, 11) is 0. The number of thiazole rings is 1. The number of nitrogens with zero attached hydrogens (tertiary/aromatic N) is 3. The van der Waals surface area contributed by atoms with Crippen LogP contribution >= 0.6 is 34.3 Å². The first-order valence-electron chi connectivity index (χ1n) is 9.94. The molecule has 4 heterocycles. The summed E-state index contributed by atoms with van der Waals surface area (Å²) in [5.41, 5.74) is 0.836. The van der Waals surface area contributed by atoms with Gasteiger partial charge in [-0.3, -0.25) is 9.59 Å². The molecule has 162 valence electrons. The zero-order valence-corrected chi connectivity index (χ0v) is 19.3. The van der Waals surface area contributed by atoms with Crippen molar-refractivity contribution in [3.8, 4) is 10.6 Å². The molecular formula is C21H22ClN5O2S2. The zero-order chi connectivity index (χ0) is 21.8. The molecule has 0 aromatic carbocycles. The van der Waals surface area contributed by atoms with Crippen molar-refractivity contribution < 1.29 is 9.59 Å². The van der Waals surface area contributed by atoms with Gasteiger partial charge in [0.05, 0.1) is 22.1 Å². The predicted octanol–water partition coefficient (Wildman–Crippen LogP) is 4.41. The van der Waals surface area contributed by atoms with Crippen LogP contribution in [0.2, 0.25) is 5.02 Å². The Bertz CT molecular complexity index is 1060. The molecule has 2 N–H and O–H groups in total. The molecule has 0 unspecified atom stereocenters. The highest BCUT2D eigenvalue weighted by Crippen LogP contribution is 2.31. The molecule has 1 aliphatic rings.